The van der Waals surface area contributed by atoms with Crippen LogP contribution in [-0.2, 0) is 24.3 Å². The summed E-state index contributed by atoms with van der Waals surface area (Å²) in [5.41, 5.74) is -0.0726. The highest BCUT2D eigenvalue weighted by atomic mass is 32.2. The van der Waals surface area contributed by atoms with Gasteiger partial charge in [0.2, 0.25) is 5.91 Å². The van der Waals surface area contributed by atoms with Crippen LogP contribution in [0.15, 0.2) is 59.5 Å². The number of hydrogen-bond acceptors (Lipinski definition) is 5. The molecule has 1 aliphatic heterocycles. The number of ether oxygens (including phenoxy) is 1. The minimum absolute atomic E-state index is 0.0368. The lowest BCUT2D eigenvalue weighted by Crippen LogP contribution is -2.55. The molecule has 1 heterocycles. The molecule has 0 N–H and O–H groups in total. The molecule has 142 valence electrons. The number of rotatable bonds is 4. The fourth-order valence-electron chi connectivity index (χ4n) is 3.62. The number of amides is 1. The van der Waals surface area contributed by atoms with Crippen molar-refractivity contribution in [1.29, 1.82) is 0 Å². The zero-order valence-corrected chi connectivity index (χ0v) is 16.2. The fraction of sp³-hybridized carbons (Fsp3) is 0.300. The maximum Gasteiger partial charge on any atom is 0.333 e. The molecule has 6 nitrogen and oxygen atoms in total. The van der Waals surface area contributed by atoms with Crippen LogP contribution in [0, 0.1) is 6.92 Å². The van der Waals surface area contributed by atoms with Gasteiger partial charge in [-0.2, -0.15) is 0 Å². The van der Waals surface area contributed by atoms with Crippen molar-refractivity contribution in [2.24, 2.45) is 0 Å². The number of sulfonamides is 1. The Bertz CT molecular complexity index is 969. The van der Waals surface area contributed by atoms with Crippen LogP contribution >= 0.6 is 0 Å². The lowest BCUT2D eigenvalue weighted by Gasteiger charge is -2.35. The van der Waals surface area contributed by atoms with E-state index >= 15 is 0 Å². The summed E-state index contributed by atoms with van der Waals surface area (Å²) in [4.78, 5) is 25.5. The third-order valence-corrected chi connectivity index (χ3v) is 7.00. The Kier molecular flexibility index (Phi) is 4.82. The molecule has 0 bridgehead atoms. The van der Waals surface area contributed by atoms with E-state index in [9.17, 15) is 18.0 Å². The summed E-state index contributed by atoms with van der Waals surface area (Å²) < 4.78 is 32.2. The third-order valence-electron chi connectivity index (χ3n) is 5.07. The van der Waals surface area contributed by atoms with E-state index < -0.39 is 33.4 Å². The van der Waals surface area contributed by atoms with Gasteiger partial charge < -0.3 is 4.74 Å². The van der Waals surface area contributed by atoms with Crippen LogP contribution in [0.25, 0.3) is 0 Å². The Labute approximate surface area is 158 Å². The largest absolute Gasteiger partial charge is 0.467 e. The first-order chi connectivity index (χ1) is 12.7. The molecule has 0 aromatic heterocycles. The molecule has 7 heteroatoms. The van der Waals surface area contributed by atoms with Crippen LogP contribution in [0.5, 0.6) is 0 Å². The van der Waals surface area contributed by atoms with Crippen molar-refractivity contribution in [3.8, 4) is 0 Å². The van der Waals surface area contributed by atoms with E-state index in [4.69, 9.17) is 4.74 Å². The summed E-state index contributed by atoms with van der Waals surface area (Å²) in [5, 5.41) is 0. The summed E-state index contributed by atoms with van der Waals surface area (Å²) in [6, 6.07) is 15.1. The number of hydrogen-bond donors (Lipinski definition) is 0. The van der Waals surface area contributed by atoms with Crippen molar-refractivity contribution in [2.75, 3.05) is 7.11 Å². The van der Waals surface area contributed by atoms with E-state index in [-0.39, 0.29) is 11.3 Å². The molecule has 0 aliphatic carbocycles. The summed E-state index contributed by atoms with van der Waals surface area (Å²) in [6.45, 7) is 3.29. The molecule has 0 spiro atoms. The predicted molar refractivity (Wildman–Crippen MR) is 99.4 cm³/mol. The molecule has 27 heavy (non-hydrogen) atoms. The van der Waals surface area contributed by atoms with Crippen LogP contribution in [0.2, 0.25) is 0 Å². The van der Waals surface area contributed by atoms with Crippen molar-refractivity contribution in [2.45, 2.75) is 36.6 Å². The number of esters is 1. The second-order valence-electron chi connectivity index (χ2n) is 6.78. The Morgan fingerprint density at radius 1 is 1.11 bits per heavy atom. The Hall–Kier alpha value is -2.67. The van der Waals surface area contributed by atoms with Crippen LogP contribution in [0.3, 0.4) is 0 Å². The Balaban J connectivity index is 2.17. The molecule has 2 aromatic rings. The van der Waals surface area contributed by atoms with Gasteiger partial charge in [0.1, 0.15) is 0 Å². The van der Waals surface area contributed by atoms with E-state index in [1.54, 1.807) is 36.4 Å². The number of carbonyl (C=O) groups is 2. The molecular formula is C20H21NO5S. The number of benzene rings is 2. The molecule has 3 rings (SSSR count). The highest BCUT2D eigenvalue weighted by molar-refractivity contribution is 7.89. The first-order valence-electron chi connectivity index (χ1n) is 8.51. The van der Waals surface area contributed by atoms with E-state index in [1.807, 2.05) is 13.0 Å². The first kappa shape index (κ1) is 19.1. The van der Waals surface area contributed by atoms with Crippen molar-refractivity contribution >= 4 is 21.9 Å². The normalized spacial score (nSPS) is 22.7. The van der Waals surface area contributed by atoms with Gasteiger partial charge in [0, 0.05) is 12.3 Å². The number of nitrogens with zero attached hydrogens (tertiary/aromatic N) is 1. The minimum Gasteiger partial charge on any atom is -0.467 e. The number of methoxy groups -OCH3 is 1. The molecule has 1 fully saturated rings. The van der Waals surface area contributed by atoms with Gasteiger partial charge in [-0.1, -0.05) is 48.0 Å². The quantitative estimate of drug-likeness (QED) is 0.754. The Morgan fingerprint density at radius 2 is 1.70 bits per heavy atom. The topological polar surface area (TPSA) is 80.8 Å². The molecule has 1 saturated heterocycles. The average molecular weight is 387 g/mol. The molecule has 1 aliphatic rings. The first-order valence-corrected chi connectivity index (χ1v) is 9.95. The van der Waals surface area contributed by atoms with E-state index in [2.05, 4.69) is 0 Å². The molecular weight excluding hydrogens is 366 g/mol. The van der Waals surface area contributed by atoms with E-state index in [0.29, 0.717) is 9.87 Å². The highest BCUT2D eigenvalue weighted by Gasteiger charge is 2.60. The van der Waals surface area contributed by atoms with Crippen molar-refractivity contribution in [1.82, 2.24) is 4.31 Å². The van der Waals surface area contributed by atoms with Gasteiger partial charge in [0.25, 0.3) is 10.0 Å². The molecule has 0 radical (unpaired) electrons. The zero-order valence-electron chi connectivity index (χ0n) is 15.4. The summed E-state index contributed by atoms with van der Waals surface area (Å²) in [7, 11) is -3.04. The lowest BCUT2D eigenvalue weighted by molar-refractivity contribution is -0.152. The lowest BCUT2D eigenvalue weighted by atomic mass is 9.82. The van der Waals surface area contributed by atoms with Crippen LogP contribution in [0.1, 0.15) is 30.4 Å². The number of aryl methyl sites for hydroxylation is 1. The number of carbonyl (C=O) groups excluding carboxylic acids is 2. The third kappa shape index (κ3) is 3.02. The zero-order chi connectivity index (χ0) is 19.8. The van der Waals surface area contributed by atoms with Gasteiger partial charge in [0.05, 0.1) is 12.0 Å². The van der Waals surface area contributed by atoms with Crippen molar-refractivity contribution < 1.29 is 22.7 Å². The van der Waals surface area contributed by atoms with Gasteiger partial charge in [-0.15, -0.1) is 0 Å². The molecule has 1 amide bonds. The second-order valence-corrected chi connectivity index (χ2v) is 8.57. The average Bonchev–Trinajstić information content (AvgIpc) is 2.94. The van der Waals surface area contributed by atoms with Gasteiger partial charge in [-0.25, -0.2) is 17.5 Å². The SMILES string of the molecule is COC(=O)[C@]1(C)[C@@H](c2ccccc2)CC(=O)N1S(=O)(=O)c1ccc(C)cc1. The van der Waals surface area contributed by atoms with Crippen molar-refractivity contribution in [3.05, 3.63) is 65.7 Å². The second kappa shape index (κ2) is 6.81. The van der Waals surface area contributed by atoms with Gasteiger partial charge in [-0.3, -0.25) is 4.79 Å². The van der Waals surface area contributed by atoms with Crippen LogP contribution in [0.4, 0.5) is 0 Å². The summed E-state index contributed by atoms with van der Waals surface area (Å²) in [6.07, 6.45) is -0.0965. The molecule has 2 atom stereocenters. The monoisotopic (exact) mass is 387 g/mol. The van der Waals surface area contributed by atoms with E-state index in [0.717, 1.165) is 5.56 Å². The minimum atomic E-state index is -4.23. The molecule has 0 unspecified atom stereocenters. The molecule has 2 aromatic carbocycles. The van der Waals surface area contributed by atoms with E-state index in [1.165, 1.54) is 26.2 Å². The maximum absolute atomic E-state index is 13.3. The molecule has 0 saturated carbocycles. The van der Waals surface area contributed by atoms with Gasteiger partial charge >= 0.3 is 5.97 Å². The highest BCUT2D eigenvalue weighted by Crippen LogP contribution is 2.46. The van der Waals surface area contributed by atoms with Crippen LogP contribution in [-0.4, -0.2) is 37.2 Å². The van der Waals surface area contributed by atoms with Crippen molar-refractivity contribution in [3.63, 3.8) is 0 Å². The maximum atomic E-state index is 13.3. The van der Waals surface area contributed by atoms with Crippen LogP contribution < -0.4 is 0 Å². The Morgan fingerprint density at radius 3 is 2.26 bits per heavy atom. The summed E-state index contributed by atoms with van der Waals surface area (Å²) in [5.74, 6) is -2.03. The standard InChI is InChI=1S/C20H21NO5S/c1-14-9-11-16(12-10-14)27(24,25)21-18(22)13-17(15-7-5-4-6-8-15)20(21,2)19(23)26-3/h4-12,17H,13H2,1-3H3/t17-,20+/m1/s1. The predicted octanol–water partition coefficient (Wildman–Crippen LogP) is 2.63. The summed E-state index contributed by atoms with van der Waals surface area (Å²) >= 11 is 0. The fourth-order valence-corrected chi connectivity index (χ4v) is 5.35. The van der Waals surface area contributed by atoms with Gasteiger partial charge in [-0.05, 0) is 31.5 Å². The van der Waals surface area contributed by atoms with Gasteiger partial charge in [0.15, 0.2) is 5.54 Å². The smallest absolute Gasteiger partial charge is 0.333 e.